The zero-order chi connectivity index (χ0) is 13.8. The number of hydrogen-bond acceptors (Lipinski definition) is 2. The monoisotopic (exact) mass is 262 g/mol. The van der Waals surface area contributed by atoms with Crippen molar-refractivity contribution < 1.29 is 8.78 Å². The van der Waals surface area contributed by atoms with Gasteiger partial charge in [-0.1, -0.05) is 24.3 Å². The van der Waals surface area contributed by atoms with Gasteiger partial charge in [-0.05, 0) is 42.7 Å². The van der Waals surface area contributed by atoms with Gasteiger partial charge in [0.1, 0.15) is 11.6 Å². The van der Waals surface area contributed by atoms with Gasteiger partial charge in [0.05, 0.1) is 6.04 Å². The SMILES string of the molecule is Cc1ccc(C(Cc2ccc(F)cc2)NN)c(F)c1. The van der Waals surface area contributed by atoms with Gasteiger partial charge in [-0.25, -0.2) is 8.78 Å². The summed E-state index contributed by atoms with van der Waals surface area (Å²) < 4.78 is 26.7. The predicted molar refractivity (Wildman–Crippen MR) is 71.3 cm³/mol. The van der Waals surface area contributed by atoms with E-state index in [2.05, 4.69) is 5.43 Å². The molecular weight excluding hydrogens is 246 g/mol. The predicted octanol–water partition coefficient (Wildman–Crippen LogP) is 3.02. The zero-order valence-corrected chi connectivity index (χ0v) is 10.7. The Morgan fingerprint density at radius 2 is 1.79 bits per heavy atom. The maximum atomic E-state index is 13.9. The van der Waals surface area contributed by atoms with Crippen molar-refractivity contribution >= 4 is 0 Å². The second kappa shape index (κ2) is 5.91. The van der Waals surface area contributed by atoms with Crippen LogP contribution in [0.25, 0.3) is 0 Å². The van der Waals surface area contributed by atoms with Crippen LogP contribution < -0.4 is 11.3 Å². The van der Waals surface area contributed by atoms with E-state index in [1.54, 1.807) is 18.2 Å². The van der Waals surface area contributed by atoms with Crippen molar-refractivity contribution in [3.05, 3.63) is 70.8 Å². The number of nitrogens with one attached hydrogen (secondary N) is 1. The van der Waals surface area contributed by atoms with Crippen molar-refractivity contribution in [1.82, 2.24) is 5.43 Å². The summed E-state index contributed by atoms with van der Waals surface area (Å²) in [6.45, 7) is 1.83. The molecule has 0 aliphatic heterocycles. The molecule has 0 saturated heterocycles. The van der Waals surface area contributed by atoms with E-state index in [9.17, 15) is 8.78 Å². The van der Waals surface area contributed by atoms with E-state index in [0.29, 0.717) is 12.0 Å². The van der Waals surface area contributed by atoms with Gasteiger partial charge in [-0.2, -0.15) is 0 Å². The Bertz CT molecular complexity index is 553. The summed E-state index contributed by atoms with van der Waals surface area (Å²) in [5.41, 5.74) is 4.87. The molecule has 0 radical (unpaired) electrons. The molecule has 1 unspecified atom stereocenters. The smallest absolute Gasteiger partial charge is 0.128 e. The molecule has 0 aliphatic rings. The average molecular weight is 262 g/mol. The van der Waals surface area contributed by atoms with Gasteiger partial charge in [0.15, 0.2) is 0 Å². The van der Waals surface area contributed by atoms with E-state index >= 15 is 0 Å². The lowest BCUT2D eigenvalue weighted by atomic mass is 9.98. The van der Waals surface area contributed by atoms with Gasteiger partial charge in [-0.15, -0.1) is 0 Å². The Balaban J connectivity index is 2.22. The zero-order valence-electron chi connectivity index (χ0n) is 10.7. The number of benzene rings is 2. The molecule has 1 atom stereocenters. The number of rotatable bonds is 4. The van der Waals surface area contributed by atoms with Gasteiger partial charge < -0.3 is 0 Å². The Kier molecular flexibility index (Phi) is 4.24. The lowest BCUT2D eigenvalue weighted by Gasteiger charge is -2.17. The fourth-order valence-corrected chi connectivity index (χ4v) is 2.03. The van der Waals surface area contributed by atoms with Crippen molar-refractivity contribution in [3.8, 4) is 0 Å². The molecule has 0 amide bonds. The third kappa shape index (κ3) is 3.36. The third-order valence-electron chi connectivity index (χ3n) is 3.09. The number of hydrazine groups is 1. The molecule has 2 rings (SSSR count). The van der Waals surface area contributed by atoms with Gasteiger partial charge in [0, 0.05) is 5.56 Å². The van der Waals surface area contributed by atoms with Crippen molar-refractivity contribution in [1.29, 1.82) is 0 Å². The van der Waals surface area contributed by atoms with E-state index in [1.807, 2.05) is 13.0 Å². The van der Waals surface area contributed by atoms with Crippen LogP contribution >= 0.6 is 0 Å². The highest BCUT2D eigenvalue weighted by Crippen LogP contribution is 2.21. The summed E-state index contributed by atoms with van der Waals surface area (Å²) in [7, 11) is 0. The Hall–Kier alpha value is -1.78. The number of nitrogens with two attached hydrogens (primary N) is 1. The first-order chi connectivity index (χ1) is 9.10. The van der Waals surface area contributed by atoms with Gasteiger partial charge >= 0.3 is 0 Å². The second-order valence-electron chi connectivity index (χ2n) is 4.57. The fraction of sp³-hybridized carbons (Fsp3) is 0.200. The van der Waals surface area contributed by atoms with Crippen LogP contribution in [-0.4, -0.2) is 0 Å². The molecule has 0 spiro atoms. The Labute approximate surface area is 111 Å². The molecule has 100 valence electrons. The van der Waals surface area contributed by atoms with E-state index in [-0.39, 0.29) is 17.7 Å². The van der Waals surface area contributed by atoms with Crippen molar-refractivity contribution in [3.63, 3.8) is 0 Å². The van der Waals surface area contributed by atoms with Crippen LogP contribution in [0.4, 0.5) is 8.78 Å². The first-order valence-corrected chi connectivity index (χ1v) is 6.07. The number of hydrogen-bond donors (Lipinski definition) is 2. The van der Waals surface area contributed by atoms with Crippen LogP contribution in [0.1, 0.15) is 22.7 Å². The molecule has 0 fully saturated rings. The normalized spacial score (nSPS) is 12.4. The molecule has 0 aromatic heterocycles. The third-order valence-corrected chi connectivity index (χ3v) is 3.09. The van der Waals surface area contributed by atoms with Crippen molar-refractivity contribution in [2.24, 2.45) is 5.84 Å². The first kappa shape index (κ1) is 13.6. The van der Waals surface area contributed by atoms with E-state index in [0.717, 1.165) is 11.1 Å². The van der Waals surface area contributed by atoms with E-state index in [4.69, 9.17) is 5.84 Å². The van der Waals surface area contributed by atoms with Crippen LogP contribution in [0.2, 0.25) is 0 Å². The van der Waals surface area contributed by atoms with Crippen LogP contribution in [0.3, 0.4) is 0 Å². The molecule has 0 heterocycles. The van der Waals surface area contributed by atoms with Crippen molar-refractivity contribution in [2.45, 2.75) is 19.4 Å². The van der Waals surface area contributed by atoms with Crippen LogP contribution in [0.15, 0.2) is 42.5 Å². The average Bonchev–Trinajstić information content (AvgIpc) is 2.39. The van der Waals surface area contributed by atoms with Crippen LogP contribution in [-0.2, 0) is 6.42 Å². The Morgan fingerprint density at radius 1 is 1.11 bits per heavy atom. The standard InChI is InChI=1S/C15H16F2N2/c1-10-2-7-13(14(17)8-10)15(19-18)9-11-3-5-12(16)6-4-11/h2-8,15,19H,9,18H2,1H3. The lowest BCUT2D eigenvalue weighted by molar-refractivity contribution is 0.509. The maximum absolute atomic E-state index is 13.9. The quantitative estimate of drug-likeness (QED) is 0.656. The molecule has 2 aromatic carbocycles. The topological polar surface area (TPSA) is 38.0 Å². The summed E-state index contributed by atoms with van der Waals surface area (Å²) in [6.07, 6.45) is 0.497. The summed E-state index contributed by atoms with van der Waals surface area (Å²) in [5.74, 6) is 4.92. The minimum atomic E-state index is -0.342. The molecule has 3 N–H and O–H groups in total. The van der Waals surface area contributed by atoms with E-state index < -0.39 is 0 Å². The summed E-state index contributed by atoms with van der Waals surface area (Å²) >= 11 is 0. The number of aryl methyl sites for hydroxylation is 1. The Morgan fingerprint density at radius 3 is 2.37 bits per heavy atom. The minimum absolute atomic E-state index is 0.287. The first-order valence-electron chi connectivity index (χ1n) is 6.07. The molecule has 4 heteroatoms. The highest BCUT2D eigenvalue weighted by Gasteiger charge is 2.15. The largest absolute Gasteiger partial charge is 0.271 e. The van der Waals surface area contributed by atoms with Gasteiger partial charge in [0.25, 0.3) is 0 Å². The minimum Gasteiger partial charge on any atom is -0.271 e. The lowest BCUT2D eigenvalue weighted by Crippen LogP contribution is -2.30. The maximum Gasteiger partial charge on any atom is 0.128 e. The highest BCUT2D eigenvalue weighted by atomic mass is 19.1. The molecule has 2 nitrogen and oxygen atoms in total. The molecule has 0 bridgehead atoms. The fourth-order valence-electron chi connectivity index (χ4n) is 2.03. The summed E-state index contributed by atoms with van der Waals surface area (Å²) in [6, 6.07) is 10.8. The van der Waals surface area contributed by atoms with Gasteiger partial charge in [0.2, 0.25) is 0 Å². The molecule has 19 heavy (non-hydrogen) atoms. The summed E-state index contributed by atoms with van der Waals surface area (Å²) in [4.78, 5) is 0. The van der Waals surface area contributed by atoms with E-state index in [1.165, 1.54) is 18.2 Å². The molecular formula is C15H16F2N2. The van der Waals surface area contributed by atoms with Crippen LogP contribution in [0, 0.1) is 18.6 Å². The summed E-state index contributed by atoms with van der Waals surface area (Å²) in [5, 5.41) is 0. The molecule has 0 aliphatic carbocycles. The highest BCUT2D eigenvalue weighted by molar-refractivity contribution is 5.28. The van der Waals surface area contributed by atoms with Crippen molar-refractivity contribution in [2.75, 3.05) is 0 Å². The molecule has 0 saturated carbocycles. The molecule has 2 aromatic rings. The second-order valence-corrected chi connectivity index (χ2v) is 4.57. The van der Waals surface area contributed by atoms with Gasteiger partial charge in [-0.3, -0.25) is 11.3 Å². The number of halogens is 2. The van der Waals surface area contributed by atoms with Crippen LogP contribution in [0.5, 0.6) is 0 Å².